The first-order chi connectivity index (χ1) is 8.23. The molecule has 1 saturated heterocycles. The first-order valence-electron chi connectivity index (χ1n) is 5.77. The number of amides is 1. The number of nitriles is 1. The first kappa shape index (κ1) is 14.3. The van der Waals surface area contributed by atoms with E-state index in [1.54, 1.807) is 20.8 Å². The number of rotatable bonds is 1. The van der Waals surface area contributed by atoms with Crippen molar-refractivity contribution in [2.75, 3.05) is 13.1 Å². The smallest absolute Gasteiger partial charge is 0.410 e. The Balaban J connectivity index is 2.64. The Morgan fingerprint density at radius 2 is 1.94 bits per heavy atom. The minimum absolute atomic E-state index is 0.201. The van der Waals surface area contributed by atoms with Gasteiger partial charge >= 0.3 is 12.1 Å². The Morgan fingerprint density at radius 1 is 1.33 bits per heavy atom. The third-order valence-electron chi connectivity index (χ3n) is 2.40. The average Bonchev–Trinajstić information content (AvgIpc) is 2.57. The fourth-order valence-electron chi connectivity index (χ4n) is 1.71. The molecule has 18 heavy (non-hydrogen) atoms. The zero-order chi connectivity index (χ0) is 13.9. The van der Waals surface area contributed by atoms with Crippen LogP contribution in [-0.2, 0) is 14.3 Å². The number of hydrogen-bond acceptors (Lipinski definition) is 5. The summed E-state index contributed by atoms with van der Waals surface area (Å²) in [7, 11) is 0. The number of nitrogens with zero attached hydrogens (tertiary/aromatic N) is 2. The molecule has 1 rings (SSSR count). The molecule has 2 atom stereocenters. The summed E-state index contributed by atoms with van der Waals surface area (Å²) in [5, 5.41) is 8.96. The Labute approximate surface area is 106 Å². The van der Waals surface area contributed by atoms with Crippen LogP contribution in [0, 0.1) is 17.2 Å². The van der Waals surface area contributed by atoms with Crippen molar-refractivity contribution in [3.63, 3.8) is 0 Å². The van der Waals surface area contributed by atoms with Gasteiger partial charge in [0.15, 0.2) is 0 Å². The number of carbonyl (C=O) groups is 2. The highest BCUT2D eigenvalue weighted by Crippen LogP contribution is 2.22. The second-order valence-corrected chi connectivity index (χ2v) is 5.27. The molecule has 0 saturated carbocycles. The number of esters is 1. The molecule has 6 nitrogen and oxygen atoms in total. The van der Waals surface area contributed by atoms with E-state index in [2.05, 4.69) is 0 Å². The summed E-state index contributed by atoms with van der Waals surface area (Å²) in [6.45, 7) is 7.02. The molecule has 6 heteroatoms. The lowest BCUT2D eigenvalue weighted by Gasteiger charge is -2.24. The maximum atomic E-state index is 11.8. The molecule has 0 aliphatic carbocycles. The van der Waals surface area contributed by atoms with E-state index in [9.17, 15) is 9.59 Å². The lowest BCUT2D eigenvalue weighted by atomic mass is 10.1. The highest BCUT2D eigenvalue weighted by Gasteiger charge is 2.39. The highest BCUT2D eigenvalue weighted by atomic mass is 16.6. The number of likely N-dealkylation sites (tertiary alicyclic amines) is 1. The third kappa shape index (κ3) is 3.91. The van der Waals surface area contributed by atoms with Crippen molar-refractivity contribution < 1.29 is 19.1 Å². The van der Waals surface area contributed by atoms with Crippen LogP contribution in [0.15, 0.2) is 0 Å². The Bertz CT molecular complexity index is 381. The van der Waals surface area contributed by atoms with Gasteiger partial charge in [-0.2, -0.15) is 5.26 Å². The van der Waals surface area contributed by atoms with Crippen LogP contribution in [0.25, 0.3) is 0 Å². The molecule has 1 amide bonds. The summed E-state index contributed by atoms with van der Waals surface area (Å²) in [4.78, 5) is 24.1. The van der Waals surface area contributed by atoms with E-state index in [1.165, 1.54) is 11.8 Å². The number of ether oxygens (including phenoxy) is 2. The van der Waals surface area contributed by atoms with Gasteiger partial charge in [0.05, 0.1) is 12.6 Å². The molecule has 100 valence electrons. The van der Waals surface area contributed by atoms with E-state index >= 15 is 0 Å². The minimum atomic E-state index is -0.585. The average molecular weight is 254 g/mol. The second kappa shape index (κ2) is 5.25. The van der Waals surface area contributed by atoms with E-state index in [-0.39, 0.29) is 13.1 Å². The van der Waals surface area contributed by atoms with Crippen LogP contribution >= 0.6 is 0 Å². The van der Waals surface area contributed by atoms with Gasteiger partial charge in [0.2, 0.25) is 0 Å². The van der Waals surface area contributed by atoms with Crippen molar-refractivity contribution in [2.24, 2.45) is 5.92 Å². The second-order valence-electron chi connectivity index (χ2n) is 5.27. The molecular formula is C12H18N2O4. The highest BCUT2D eigenvalue weighted by molar-refractivity contribution is 5.69. The van der Waals surface area contributed by atoms with Crippen LogP contribution in [0.4, 0.5) is 4.79 Å². The summed E-state index contributed by atoms with van der Waals surface area (Å²) < 4.78 is 10.2. The monoisotopic (exact) mass is 254 g/mol. The number of carbonyl (C=O) groups excluding carboxylic acids is 2. The lowest BCUT2D eigenvalue weighted by Crippen LogP contribution is -2.36. The maximum absolute atomic E-state index is 11.8. The molecule has 1 aliphatic heterocycles. The van der Waals surface area contributed by atoms with Crippen LogP contribution in [0.3, 0.4) is 0 Å². The quantitative estimate of drug-likeness (QED) is 0.659. The van der Waals surface area contributed by atoms with Crippen LogP contribution in [-0.4, -0.2) is 41.8 Å². The van der Waals surface area contributed by atoms with Crippen LogP contribution < -0.4 is 0 Å². The van der Waals surface area contributed by atoms with Crippen molar-refractivity contribution in [3.8, 4) is 6.07 Å². The zero-order valence-corrected chi connectivity index (χ0v) is 11.1. The van der Waals surface area contributed by atoms with Crippen molar-refractivity contribution in [3.05, 3.63) is 0 Å². The molecule has 1 heterocycles. The van der Waals surface area contributed by atoms with E-state index in [0.717, 1.165) is 0 Å². The van der Waals surface area contributed by atoms with Gasteiger partial charge in [-0.1, -0.05) is 0 Å². The van der Waals surface area contributed by atoms with E-state index in [1.807, 2.05) is 6.07 Å². The van der Waals surface area contributed by atoms with Gasteiger partial charge in [0.25, 0.3) is 0 Å². The predicted octanol–water partition coefficient (Wildman–Crippen LogP) is 1.31. The minimum Gasteiger partial charge on any atom is -0.459 e. The molecule has 1 aliphatic rings. The van der Waals surface area contributed by atoms with Gasteiger partial charge in [0, 0.05) is 13.5 Å². The molecule has 0 bridgehead atoms. The zero-order valence-electron chi connectivity index (χ0n) is 11.1. The summed E-state index contributed by atoms with van der Waals surface area (Å²) in [5.41, 5.74) is -0.585. The maximum Gasteiger partial charge on any atom is 0.410 e. The Morgan fingerprint density at radius 3 is 2.39 bits per heavy atom. The molecule has 1 fully saturated rings. The van der Waals surface area contributed by atoms with Crippen LogP contribution in [0.5, 0.6) is 0 Å². The summed E-state index contributed by atoms with van der Waals surface area (Å²) >= 11 is 0. The van der Waals surface area contributed by atoms with Crippen molar-refractivity contribution in [1.82, 2.24) is 4.90 Å². The summed E-state index contributed by atoms with van der Waals surface area (Å²) in [5.74, 6) is -0.951. The van der Waals surface area contributed by atoms with Gasteiger partial charge in [-0.05, 0) is 20.8 Å². The number of hydrogen-bond donors (Lipinski definition) is 0. The Hall–Kier alpha value is -1.77. The fourth-order valence-corrected chi connectivity index (χ4v) is 1.71. The largest absolute Gasteiger partial charge is 0.459 e. The molecule has 0 radical (unpaired) electrons. The van der Waals surface area contributed by atoms with Gasteiger partial charge < -0.3 is 14.4 Å². The van der Waals surface area contributed by atoms with Gasteiger partial charge in [-0.3, -0.25) is 4.79 Å². The van der Waals surface area contributed by atoms with Gasteiger partial charge in [-0.15, -0.1) is 0 Å². The lowest BCUT2D eigenvalue weighted by molar-refractivity contribution is -0.146. The third-order valence-corrected chi connectivity index (χ3v) is 2.40. The van der Waals surface area contributed by atoms with Crippen LogP contribution in [0.1, 0.15) is 27.7 Å². The SMILES string of the molecule is CC(=O)OC1CN(C(=O)OC(C)(C)C)CC1C#N. The Kier molecular flexibility index (Phi) is 4.17. The van der Waals surface area contributed by atoms with Crippen molar-refractivity contribution in [2.45, 2.75) is 39.4 Å². The van der Waals surface area contributed by atoms with E-state index < -0.39 is 29.7 Å². The van der Waals surface area contributed by atoms with Gasteiger partial charge in [0.1, 0.15) is 17.6 Å². The molecule has 0 spiro atoms. The fraction of sp³-hybridized carbons (Fsp3) is 0.750. The van der Waals surface area contributed by atoms with E-state index in [0.29, 0.717) is 0 Å². The molecular weight excluding hydrogens is 236 g/mol. The van der Waals surface area contributed by atoms with E-state index in [4.69, 9.17) is 14.7 Å². The van der Waals surface area contributed by atoms with Crippen molar-refractivity contribution in [1.29, 1.82) is 5.26 Å². The summed E-state index contributed by atoms with van der Waals surface area (Å²) in [6.07, 6.45) is -1.06. The summed E-state index contributed by atoms with van der Waals surface area (Å²) in [6, 6.07) is 2.04. The normalized spacial score (nSPS) is 23.4. The molecule has 2 unspecified atom stereocenters. The predicted molar refractivity (Wildman–Crippen MR) is 62.5 cm³/mol. The molecule has 0 aromatic rings. The molecule has 0 N–H and O–H groups in total. The van der Waals surface area contributed by atoms with Gasteiger partial charge in [-0.25, -0.2) is 4.79 Å². The van der Waals surface area contributed by atoms with Crippen molar-refractivity contribution >= 4 is 12.1 Å². The molecule has 0 aromatic heterocycles. The first-order valence-corrected chi connectivity index (χ1v) is 5.77. The van der Waals surface area contributed by atoms with Crippen LogP contribution in [0.2, 0.25) is 0 Å². The standard InChI is InChI=1S/C12H18N2O4/c1-8(15)17-10-7-14(6-9(10)5-13)11(16)18-12(2,3)4/h9-10H,6-7H2,1-4H3. The topological polar surface area (TPSA) is 79.6 Å². The molecule has 0 aromatic carbocycles.